The van der Waals surface area contributed by atoms with Gasteiger partial charge >= 0.3 is 6.09 Å². The van der Waals surface area contributed by atoms with Gasteiger partial charge in [0.1, 0.15) is 0 Å². The molecular formula is C12H15ClN2O2. The van der Waals surface area contributed by atoms with Gasteiger partial charge in [0.15, 0.2) is 0 Å². The van der Waals surface area contributed by atoms with E-state index in [2.05, 4.69) is 15.3 Å². The summed E-state index contributed by atoms with van der Waals surface area (Å²) >= 11 is 5.83. The number of aryl methyl sites for hydroxylation is 1. The van der Waals surface area contributed by atoms with Crippen molar-refractivity contribution in [3.05, 3.63) is 29.3 Å². The third kappa shape index (κ3) is 4.07. The van der Waals surface area contributed by atoms with Crippen LogP contribution in [0.25, 0.3) is 0 Å². The summed E-state index contributed by atoms with van der Waals surface area (Å²) in [6, 6.07) is 5.55. The number of carbonyl (C=O) groups excluding carboxylic acids is 1. The molecule has 0 fully saturated rings. The minimum absolute atomic E-state index is 0.332. The lowest BCUT2D eigenvalue weighted by Crippen LogP contribution is -2.13. The van der Waals surface area contributed by atoms with E-state index in [1.54, 1.807) is 19.9 Å². The number of amides is 1. The summed E-state index contributed by atoms with van der Waals surface area (Å²) in [5.74, 6) is 0.332. The van der Waals surface area contributed by atoms with Crippen LogP contribution in [0.5, 0.6) is 0 Å². The zero-order valence-corrected chi connectivity index (χ0v) is 10.8. The number of anilines is 1. The van der Waals surface area contributed by atoms with Crippen LogP contribution in [0.3, 0.4) is 0 Å². The predicted octanol–water partition coefficient (Wildman–Crippen LogP) is 3.68. The lowest BCUT2D eigenvalue weighted by atomic mass is 10.1. The Morgan fingerprint density at radius 2 is 2.18 bits per heavy atom. The first-order chi connectivity index (χ1) is 8.04. The highest BCUT2D eigenvalue weighted by molar-refractivity contribution is 6.17. The van der Waals surface area contributed by atoms with Gasteiger partial charge in [-0.1, -0.05) is 17.3 Å². The van der Waals surface area contributed by atoms with Gasteiger partial charge in [-0.05, 0) is 38.0 Å². The van der Waals surface area contributed by atoms with E-state index < -0.39 is 6.09 Å². The third-order valence-corrected chi connectivity index (χ3v) is 2.36. The van der Waals surface area contributed by atoms with Gasteiger partial charge in [0.05, 0.1) is 5.71 Å². The minimum Gasteiger partial charge on any atom is -0.298 e. The fourth-order valence-corrected chi connectivity index (χ4v) is 1.62. The topological polar surface area (TPSA) is 50.7 Å². The normalized spacial score (nSPS) is 9.65. The van der Waals surface area contributed by atoms with E-state index in [-0.39, 0.29) is 0 Å². The summed E-state index contributed by atoms with van der Waals surface area (Å²) in [7, 11) is 0. The molecule has 1 aromatic rings. The van der Waals surface area contributed by atoms with Crippen LogP contribution < -0.4 is 5.32 Å². The van der Waals surface area contributed by atoms with Crippen molar-refractivity contribution in [2.45, 2.75) is 26.7 Å². The minimum atomic E-state index is -0.622. The molecule has 0 aromatic heterocycles. The second-order valence-electron chi connectivity index (χ2n) is 3.78. The molecule has 0 spiro atoms. The van der Waals surface area contributed by atoms with E-state index in [0.29, 0.717) is 17.3 Å². The Morgan fingerprint density at radius 1 is 1.47 bits per heavy atom. The van der Waals surface area contributed by atoms with Gasteiger partial charge in [0.2, 0.25) is 0 Å². The standard InChI is InChI=1S/C12H15ClN2O2/c1-8(2)15-17-12(16)14-11-6-4-5-9(3)10(11)7-13/h4-6H,7H2,1-3H3,(H,14,16). The number of hydrogen-bond donors (Lipinski definition) is 1. The molecule has 0 unspecified atom stereocenters. The molecule has 1 aromatic carbocycles. The summed E-state index contributed by atoms with van der Waals surface area (Å²) < 4.78 is 0. The van der Waals surface area contributed by atoms with Gasteiger partial charge in [-0.25, -0.2) is 4.79 Å². The number of nitrogens with one attached hydrogen (secondary N) is 1. The first kappa shape index (κ1) is 13.5. The highest BCUT2D eigenvalue weighted by atomic mass is 35.5. The number of alkyl halides is 1. The number of rotatable bonds is 3. The zero-order chi connectivity index (χ0) is 12.8. The average molecular weight is 255 g/mol. The molecule has 92 valence electrons. The molecule has 17 heavy (non-hydrogen) atoms. The Kier molecular flexibility index (Phi) is 4.97. The Balaban J connectivity index is 2.78. The molecule has 0 atom stereocenters. The SMILES string of the molecule is CC(C)=NOC(=O)Nc1cccc(C)c1CCl. The van der Waals surface area contributed by atoms with E-state index in [1.807, 2.05) is 19.1 Å². The van der Waals surface area contributed by atoms with E-state index in [9.17, 15) is 4.79 Å². The molecule has 0 aliphatic rings. The lowest BCUT2D eigenvalue weighted by molar-refractivity contribution is 0.166. The molecule has 0 radical (unpaired) electrons. The summed E-state index contributed by atoms with van der Waals surface area (Å²) in [6.07, 6.45) is -0.622. The number of halogens is 1. The van der Waals surface area contributed by atoms with Crippen molar-refractivity contribution in [2.75, 3.05) is 5.32 Å². The molecule has 1 N–H and O–H groups in total. The monoisotopic (exact) mass is 254 g/mol. The molecule has 1 rings (SSSR count). The Labute approximate surface area is 106 Å². The van der Waals surface area contributed by atoms with Crippen molar-refractivity contribution in [1.29, 1.82) is 0 Å². The van der Waals surface area contributed by atoms with Crippen molar-refractivity contribution in [3.8, 4) is 0 Å². The molecule has 0 aliphatic carbocycles. The van der Waals surface area contributed by atoms with Gasteiger partial charge in [0, 0.05) is 11.6 Å². The smallest absolute Gasteiger partial charge is 0.298 e. The van der Waals surface area contributed by atoms with Gasteiger partial charge in [-0.3, -0.25) is 10.2 Å². The van der Waals surface area contributed by atoms with Crippen LogP contribution in [0.4, 0.5) is 10.5 Å². The summed E-state index contributed by atoms with van der Waals surface area (Å²) in [6.45, 7) is 5.41. The number of hydrogen-bond acceptors (Lipinski definition) is 3. The van der Waals surface area contributed by atoms with Crippen LogP contribution in [0.1, 0.15) is 25.0 Å². The van der Waals surface area contributed by atoms with Crippen molar-refractivity contribution in [1.82, 2.24) is 0 Å². The lowest BCUT2D eigenvalue weighted by Gasteiger charge is -2.10. The van der Waals surface area contributed by atoms with Crippen LogP contribution in [0.2, 0.25) is 0 Å². The molecule has 0 heterocycles. The first-order valence-corrected chi connectivity index (χ1v) is 5.71. The van der Waals surface area contributed by atoms with E-state index >= 15 is 0 Å². The van der Waals surface area contributed by atoms with Crippen molar-refractivity contribution in [3.63, 3.8) is 0 Å². The van der Waals surface area contributed by atoms with Gasteiger partial charge in [-0.15, -0.1) is 11.6 Å². The second-order valence-corrected chi connectivity index (χ2v) is 4.04. The van der Waals surface area contributed by atoms with Crippen molar-refractivity contribution >= 4 is 29.1 Å². The summed E-state index contributed by atoms with van der Waals surface area (Å²) in [5.41, 5.74) is 3.22. The highest BCUT2D eigenvalue weighted by Gasteiger charge is 2.08. The molecule has 0 saturated heterocycles. The Bertz CT molecular complexity index is 440. The number of benzene rings is 1. The number of nitrogens with zero attached hydrogens (tertiary/aromatic N) is 1. The van der Waals surface area contributed by atoms with Gasteiger partial charge in [-0.2, -0.15) is 0 Å². The Hall–Kier alpha value is -1.55. The summed E-state index contributed by atoms with van der Waals surface area (Å²) in [4.78, 5) is 16.1. The van der Waals surface area contributed by atoms with Crippen LogP contribution in [-0.2, 0) is 10.7 Å². The molecule has 1 amide bonds. The maximum absolute atomic E-state index is 11.4. The molecule has 5 heteroatoms. The molecule has 0 bridgehead atoms. The molecule has 0 aliphatic heterocycles. The molecule has 0 saturated carbocycles. The second kappa shape index (κ2) is 6.25. The highest BCUT2D eigenvalue weighted by Crippen LogP contribution is 2.21. The van der Waals surface area contributed by atoms with E-state index in [0.717, 1.165) is 11.1 Å². The predicted molar refractivity (Wildman–Crippen MR) is 69.6 cm³/mol. The first-order valence-electron chi connectivity index (χ1n) is 5.18. The van der Waals surface area contributed by atoms with Crippen molar-refractivity contribution in [2.24, 2.45) is 5.16 Å². The van der Waals surface area contributed by atoms with Crippen LogP contribution in [0, 0.1) is 6.92 Å². The maximum atomic E-state index is 11.4. The van der Waals surface area contributed by atoms with E-state index in [4.69, 9.17) is 11.6 Å². The number of oxime groups is 1. The van der Waals surface area contributed by atoms with Gasteiger partial charge in [0.25, 0.3) is 0 Å². The number of carbonyl (C=O) groups is 1. The zero-order valence-electron chi connectivity index (χ0n) is 10.1. The average Bonchev–Trinajstić information content (AvgIpc) is 2.27. The third-order valence-electron chi connectivity index (χ3n) is 2.09. The quantitative estimate of drug-likeness (QED) is 0.387. The Morgan fingerprint density at radius 3 is 2.76 bits per heavy atom. The van der Waals surface area contributed by atoms with Crippen LogP contribution in [-0.4, -0.2) is 11.8 Å². The van der Waals surface area contributed by atoms with Crippen LogP contribution in [0.15, 0.2) is 23.4 Å². The largest absolute Gasteiger partial charge is 0.437 e. The fourth-order valence-electron chi connectivity index (χ4n) is 1.26. The van der Waals surface area contributed by atoms with Crippen LogP contribution >= 0.6 is 11.6 Å². The summed E-state index contributed by atoms with van der Waals surface area (Å²) in [5, 5.41) is 6.18. The van der Waals surface area contributed by atoms with Crippen molar-refractivity contribution < 1.29 is 9.63 Å². The fraction of sp³-hybridized carbons (Fsp3) is 0.333. The molecule has 4 nitrogen and oxygen atoms in total. The van der Waals surface area contributed by atoms with E-state index in [1.165, 1.54) is 0 Å². The molecular weight excluding hydrogens is 240 g/mol. The van der Waals surface area contributed by atoms with Gasteiger partial charge < -0.3 is 0 Å². The maximum Gasteiger partial charge on any atom is 0.437 e.